The molecule has 2 amide bonds. The number of quaternary nitrogens is 1. The number of aromatic nitrogens is 1. The quantitative estimate of drug-likeness (QED) is 0.424. The first-order chi connectivity index (χ1) is 11.9. The van der Waals surface area contributed by atoms with Gasteiger partial charge in [0.05, 0.1) is 49.7 Å². The third-order valence-corrected chi connectivity index (χ3v) is 4.97. The van der Waals surface area contributed by atoms with Gasteiger partial charge in [0.2, 0.25) is 0 Å². The molecule has 0 saturated heterocycles. The Hall–Kier alpha value is -2.05. The minimum atomic E-state index is -0.194. The maximum absolute atomic E-state index is 12.4. The van der Waals surface area contributed by atoms with Crippen LogP contribution in [0.1, 0.15) is 32.1 Å². The van der Waals surface area contributed by atoms with Crippen LogP contribution in [0.3, 0.4) is 0 Å². The number of hydrogen-bond acceptors (Lipinski definition) is 3. The first-order valence-corrected chi connectivity index (χ1v) is 9.31. The standard InChI is InChI=1S/C19H21BrN3O2/c1-23(2,13-15-7-5-6-14(12-20)21-15)11-10-22-18(24)16-8-3-4-9-17(16)19(22)25/h3-9H,10-13H2,1-2H3/q+1. The van der Waals surface area contributed by atoms with Crippen LogP contribution in [-0.4, -0.2) is 53.4 Å². The molecule has 1 aliphatic rings. The zero-order valence-corrected chi connectivity index (χ0v) is 16.0. The topological polar surface area (TPSA) is 50.3 Å². The number of nitrogens with zero attached hydrogens (tertiary/aromatic N) is 3. The van der Waals surface area contributed by atoms with E-state index in [1.165, 1.54) is 4.90 Å². The summed E-state index contributed by atoms with van der Waals surface area (Å²) in [6, 6.07) is 13.0. The number of imide groups is 1. The highest BCUT2D eigenvalue weighted by atomic mass is 79.9. The summed E-state index contributed by atoms with van der Waals surface area (Å²) in [6.45, 7) is 1.81. The molecule has 0 fully saturated rings. The second kappa shape index (κ2) is 7.06. The van der Waals surface area contributed by atoms with Crippen molar-refractivity contribution in [3.63, 3.8) is 0 Å². The van der Waals surface area contributed by atoms with E-state index in [1.807, 2.05) is 18.2 Å². The number of halogens is 1. The van der Waals surface area contributed by atoms with Crippen molar-refractivity contribution in [2.24, 2.45) is 0 Å². The van der Waals surface area contributed by atoms with E-state index in [4.69, 9.17) is 0 Å². The van der Waals surface area contributed by atoms with Crippen molar-refractivity contribution >= 4 is 27.7 Å². The number of hydrogen-bond donors (Lipinski definition) is 0. The van der Waals surface area contributed by atoms with E-state index in [1.54, 1.807) is 24.3 Å². The minimum Gasteiger partial charge on any atom is -0.322 e. The van der Waals surface area contributed by atoms with Crippen molar-refractivity contribution in [1.29, 1.82) is 0 Å². The predicted octanol–water partition coefficient (Wildman–Crippen LogP) is 2.85. The van der Waals surface area contributed by atoms with Gasteiger partial charge in [-0.15, -0.1) is 0 Å². The van der Waals surface area contributed by atoms with Gasteiger partial charge >= 0.3 is 0 Å². The third kappa shape index (κ3) is 3.80. The molecule has 25 heavy (non-hydrogen) atoms. The van der Waals surface area contributed by atoms with Crippen LogP contribution in [0.5, 0.6) is 0 Å². The fourth-order valence-corrected chi connectivity index (χ4v) is 3.33. The lowest BCUT2D eigenvalue weighted by molar-refractivity contribution is -0.903. The Morgan fingerprint density at radius 2 is 1.56 bits per heavy atom. The molecule has 0 bridgehead atoms. The van der Waals surface area contributed by atoms with Gasteiger partial charge in [-0.1, -0.05) is 34.1 Å². The second-order valence-electron chi connectivity index (χ2n) is 6.88. The summed E-state index contributed by atoms with van der Waals surface area (Å²) in [4.78, 5) is 30.9. The van der Waals surface area contributed by atoms with Gasteiger partial charge in [-0.05, 0) is 24.3 Å². The molecule has 0 aliphatic carbocycles. The summed E-state index contributed by atoms with van der Waals surface area (Å²) in [5.41, 5.74) is 3.01. The van der Waals surface area contributed by atoms with Crippen LogP contribution in [0.25, 0.3) is 0 Å². The maximum Gasteiger partial charge on any atom is 0.261 e. The molecule has 0 spiro atoms. The van der Waals surface area contributed by atoms with Crippen LogP contribution < -0.4 is 0 Å². The smallest absolute Gasteiger partial charge is 0.261 e. The van der Waals surface area contributed by atoms with Gasteiger partial charge in [0, 0.05) is 5.33 Å². The average Bonchev–Trinajstić information content (AvgIpc) is 2.84. The number of alkyl halides is 1. The Kier molecular flexibility index (Phi) is 5.01. The van der Waals surface area contributed by atoms with Crippen molar-refractivity contribution in [2.75, 3.05) is 27.2 Å². The molecule has 1 aromatic heterocycles. The van der Waals surface area contributed by atoms with E-state index in [0.29, 0.717) is 28.7 Å². The summed E-state index contributed by atoms with van der Waals surface area (Å²) in [6.07, 6.45) is 0. The van der Waals surface area contributed by atoms with Crippen LogP contribution in [0.15, 0.2) is 42.5 Å². The Bertz CT molecular complexity index is 785. The Morgan fingerprint density at radius 1 is 0.960 bits per heavy atom. The van der Waals surface area contributed by atoms with Gasteiger partial charge < -0.3 is 4.48 Å². The largest absolute Gasteiger partial charge is 0.322 e. The second-order valence-corrected chi connectivity index (χ2v) is 7.44. The van der Waals surface area contributed by atoms with Crippen LogP contribution in [0.2, 0.25) is 0 Å². The molecule has 0 atom stereocenters. The van der Waals surface area contributed by atoms with Gasteiger partial charge in [0.1, 0.15) is 6.54 Å². The lowest BCUT2D eigenvalue weighted by Crippen LogP contribution is -2.46. The van der Waals surface area contributed by atoms with Crippen molar-refractivity contribution in [3.05, 3.63) is 65.0 Å². The maximum atomic E-state index is 12.4. The summed E-state index contributed by atoms with van der Waals surface area (Å²) in [7, 11) is 4.17. The Morgan fingerprint density at radius 3 is 2.16 bits per heavy atom. The molecule has 1 aliphatic heterocycles. The van der Waals surface area contributed by atoms with Gasteiger partial charge in [0.25, 0.3) is 11.8 Å². The van der Waals surface area contributed by atoms with E-state index >= 15 is 0 Å². The SMILES string of the molecule is C[N+](C)(CCN1C(=O)c2ccccc2C1=O)Cc1cccc(CBr)n1. The van der Waals surface area contributed by atoms with Gasteiger partial charge in [-0.2, -0.15) is 0 Å². The first-order valence-electron chi connectivity index (χ1n) is 8.19. The average molecular weight is 403 g/mol. The van der Waals surface area contributed by atoms with Gasteiger partial charge in [0.15, 0.2) is 0 Å². The molecule has 2 aromatic rings. The summed E-state index contributed by atoms with van der Waals surface area (Å²) >= 11 is 3.42. The van der Waals surface area contributed by atoms with Gasteiger partial charge in [-0.3, -0.25) is 19.5 Å². The molecular formula is C19H21BrN3O2+. The predicted molar refractivity (Wildman–Crippen MR) is 99.4 cm³/mol. The van der Waals surface area contributed by atoms with E-state index in [-0.39, 0.29) is 11.8 Å². The lowest BCUT2D eigenvalue weighted by atomic mass is 10.1. The first kappa shape index (κ1) is 17.8. The molecule has 0 saturated carbocycles. The summed E-state index contributed by atoms with van der Waals surface area (Å²) in [5.74, 6) is -0.389. The van der Waals surface area contributed by atoms with Crippen LogP contribution in [0.4, 0.5) is 0 Å². The van der Waals surface area contributed by atoms with Crippen LogP contribution in [0, 0.1) is 0 Å². The number of rotatable bonds is 6. The lowest BCUT2D eigenvalue weighted by Gasteiger charge is -2.31. The van der Waals surface area contributed by atoms with Crippen LogP contribution in [-0.2, 0) is 11.9 Å². The van der Waals surface area contributed by atoms with Crippen molar-refractivity contribution < 1.29 is 14.1 Å². The zero-order chi connectivity index (χ0) is 18.0. The molecule has 0 N–H and O–H groups in total. The Balaban J connectivity index is 1.66. The van der Waals surface area contributed by atoms with E-state index in [9.17, 15) is 9.59 Å². The molecule has 1 aromatic carbocycles. The number of carbonyl (C=O) groups is 2. The van der Waals surface area contributed by atoms with Gasteiger partial charge in [-0.25, -0.2) is 0 Å². The molecule has 2 heterocycles. The molecule has 3 rings (SSSR count). The zero-order valence-electron chi connectivity index (χ0n) is 14.4. The highest BCUT2D eigenvalue weighted by molar-refractivity contribution is 9.08. The van der Waals surface area contributed by atoms with Crippen molar-refractivity contribution in [3.8, 4) is 0 Å². The van der Waals surface area contributed by atoms with E-state index in [0.717, 1.165) is 23.3 Å². The number of amides is 2. The molecule has 0 radical (unpaired) electrons. The molecular weight excluding hydrogens is 382 g/mol. The number of benzene rings is 1. The summed E-state index contributed by atoms with van der Waals surface area (Å²) in [5, 5.41) is 0.726. The fraction of sp³-hybridized carbons (Fsp3) is 0.316. The van der Waals surface area contributed by atoms with Crippen LogP contribution >= 0.6 is 15.9 Å². The van der Waals surface area contributed by atoms with Crippen molar-refractivity contribution in [2.45, 2.75) is 11.9 Å². The van der Waals surface area contributed by atoms with Crippen molar-refractivity contribution in [1.82, 2.24) is 9.88 Å². The molecule has 6 heteroatoms. The summed E-state index contributed by atoms with van der Waals surface area (Å²) < 4.78 is 0.645. The minimum absolute atomic E-state index is 0.194. The monoisotopic (exact) mass is 402 g/mol. The molecule has 0 unspecified atom stereocenters. The fourth-order valence-electron chi connectivity index (χ4n) is 3.02. The third-order valence-electron chi connectivity index (χ3n) is 4.40. The number of fused-ring (bicyclic) bond motifs is 1. The molecule has 130 valence electrons. The highest BCUT2D eigenvalue weighted by Crippen LogP contribution is 2.22. The number of carbonyl (C=O) groups excluding carboxylic acids is 2. The molecule has 5 nitrogen and oxygen atoms in total. The van der Waals surface area contributed by atoms with E-state index < -0.39 is 0 Å². The Labute approximate surface area is 156 Å². The normalized spacial score (nSPS) is 14.1. The number of pyridine rings is 1. The van der Waals surface area contributed by atoms with E-state index in [2.05, 4.69) is 35.0 Å². The highest BCUT2D eigenvalue weighted by Gasteiger charge is 2.36. The number of likely N-dealkylation sites (N-methyl/N-ethyl adjacent to an activating group) is 1.